The summed E-state index contributed by atoms with van der Waals surface area (Å²) in [5.74, 6) is 0.341. The average molecular weight is 251 g/mol. The molecule has 0 fully saturated rings. The summed E-state index contributed by atoms with van der Waals surface area (Å²) in [6.45, 7) is 0. The molecule has 1 aliphatic rings. The first kappa shape index (κ1) is 8.25. The van der Waals surface area contributed by atoms with Crippen molar-refractivity contribution < 1.29 is 8.42 Å². The van der Waals surface area contributed by atoms with Gasteiger partial charge < -0.3 is 0 Å². The third-order valence-electron chi connectivity index (χ3n) is 1.93. The summed E-state index contributed by atoms with van der Waals surface area (Å²) in [4.78, 5) is 0. The third kappa shape index (κ3) is 1.29. The molecule has 0 saturated heterocycles. The van der Waals surface area contributed by atoms with Gasteiger partial charge in [0.1, 0.15) is 4.60 Å². The van der Waals surface area contributed by atoms with Crippen molar-refractivity contribution in [2.75, 3.05) is 5.75 Å². The zero-order valence-electron chi connectivity index (χ0n) is 6.17. The monoisotopic (exact) mass is 250 g/mol. The summed E-state index contributed by atoms with van der Waals surface area (Å²) in [5.41, 5.74) is 1.73. The van der Waals surface area contributed by atoms with Crippen LogP contribution in [0, 0.1) is 0 Å². The number of nitrogens with zero attached hydrogens (tertiary/aromatic N) is 1. The van der Waals surface area contributed by atoms with Crippen LogP contribution in [0.5, 0.6) is 0 Å². The number of fused-ring (bicyclic) bond motifs is 1. The summed E-state index contributed by atoms with van der Waals surface area (Å²) >= 11 is 3.20. The number of halogens is 1. The summed E-state index contributed by atoms with van der Waals surface area (Å²) in [6, 6.07) is 0. The Kier molecular flexibility index (Phi) is 1.76. The Hall–Kier alpha value is -0.360. The van der Waals surface area contributed by atoms with Crippen molar-refractivity contribution in [3.05, 3.63) is 15.9 Å². The van der Waals surface area contributed by atoms with Crippen LogP contribution in [0.1, 0.15) is 11.3 Å². The lowest BCUT2D eigenvalue weighted by atomic mass is 10.2. The Labute approximate surface area is 78.4 Å². The van der Waals surface area contributed by atoms with Crippen LogP contribution in [0.3, 0.4) is 0 Å². The number of hydrogen-bond acceptors (Lipinski definition) is 3. The molecule has 2 rings (SSSR count). The number of H-pyrrole nitrogens is 1. The first-order valence-corrected chi connectivity index (χ1v) is 6.12. The molecule has 0 aromatic carbocycles. The minimum absolute atomic E-state index is 0.111. The number of rotatable bonds is 0. The third-order valence-corrected chi connectivity index (χ3v) is 4.14. The smallest absolute Gasteiger partial charge is 0.155 e. The van der Waals surface area contributed by atoms with Crippen molar-refractivity contribution in [1.82, 2.24) is 10.2 Å². The van der Waals surface area contributed by atoms with E-state index in [1.807, 2.05) is 0 Å². The second kappa shape index (κ2) is 2.56. The normalized spacial score (nSPS) is 20.4. The van der Waals surface area contributed by atoms with Crippen LogP contribution in [0.2, 0.25) is 0 Å². The molecule has 12 heavy (non-hydrogen) atoms. The van der Waals surface area contributed by atoms with Crippen molar-refractivity contribution >= 4 is 25.8 Å². The molecular weight excluding hydrogens is 244 g/mol. The number of aromatic nitrogens is 2. The van der Waals surface area contributed by atoms with Crippen LogP contribution < -0.4 is 0 Å². The van der Waals surface area contributed by atoms with E-state index in [0.717, 1.165) is 11.3 Å². The summed E-state index contributed by atoms with van der Waals surface area (Å²) in [5, 5.41) is 6.69. The molecule has 0 radical (unpaired) electrons. The molecule has 0 atom stereocenters. The standard InChI is InChI=1S/C6H7BrN2O2S/c7-6-4-3-12(10,11)2-1-5(4)8-9-6/h1-3H2,(H,8,9). The largest absolute Gasteiger partial charge is 0.281 e. The van der Waals surface area contributed by atoms with Gasteiger partial charge in [-0.25, -0.2) is 8.42 Å². The number of aryl methyl sites for hydroxylation is 1. The average Bonchev–Trinajstić information content (AvgIpc) is 2.31. The molecule has 66 valence electrons. The van der Waals surface area contributed by atoms with Crippen molar-refractivity contribution in [3.8, 4) is 0 Å². The van der Waals surface area contributed by atoms with Gasteiger partial charge in [-0.1, -0.05) is 0 Å². The number of nitrogens with one attached hydrogen (secondary N) is 1. The van der Waals surface area contributed by atoms with Crippen LogP contribution >= 0.6 is 15.9 Å². The minimum atomic E-state index is -2.88. The molecule has 1 aromatic rings. The molecule has 1 aliphatic heterocycles. The van der Waals surface area contributed by atoms with Crippen LogP contribution in [0.4, 0.5) is 0 Å². The van der Waals surface area contributed by atoms with Crippen molar-refractivity contribution in [1.29, 1.82) is 0 Å². The molecular formula is C6H7BrN2O2S. The molecule has 0 saturated carbocycles. The highest BCUT2D eigenvalue weighted by atomic mass is 79.9. The van der Waals surface area contributed by atoms with Crippen molar-refractivity contribution in [3.63, 3.8) is 0 Å². The van der Waals surface area contributed by atoms with Gasteiger partial charge in [-0.05, 0) is 15.9 Å². The SMILES string of the molecule is O=S1(=O)CCc2[nH]nc(Br)c2C1. The maximum absolute atomic E-state index is 11.2. The van der Waals surface area contributed by atoms with E-state index in [1.54, 1.807) is 0 Å². The van der Waals surface area contributed by atoms with Gasteiger partial charge in [0.15, 0.2) is 9.84 Å². The van der Waals surface area contributed by atoms with Crippen LogP contribution in [-0.2, 0) is 22.0 Å². The summed E-state index contributed by atoms with van der Waals surface area (Å²) in [6.07, 6.45) is 0.552. The van der Waals surface area contributed by atoms with E-state index in [2.05, 4.69) is 26.1 Å². The Morgan fingerprint density at radius 2 is 2.25 bits per heavy atom. The number of hydrogen-bond donors (Lipinski definition) is 1. The van der Waals surface area contributed by atoms with Crippen LogP contribution in [0.15, 0.2) is 4.60 Å². The highest BCUT2D eigenvalue weighted by Gasteiger charge is 2.25. The predicted molar refractivity (Wildman–Crippen MR) is 47.5 cm³/mol. The fourth-order valence-electron chi connectivity index (χ4n) is 1.28. The summed E-state index contributed by atoms with van der Waals surface area (Å²) < 4.78 is 23.0. The minimum Gasteiger partial charge on any atom is -0.281 e. The molecule has 4 nitrogen and oxygen atoms in total. The van der Waals surface area contributed by atoms with Crippen molar-refractivity contribution in [2.24, 2.45) is 0 Å². The van der Waals surface area contributed by atoms with Gasteiger partial charge in [0.05, 0.1) is 11.5 Å². The second-order valence-corrected chi connectivity index (χ2v) is 5.75. The van der Waals surface area contributed by atoms with Crippen LogP contribution in [0.25, 0.3) is 0 Å². The van der Waals surface area contributed by atoms with E-state index in [9.17, 15) is 8.42 Å². The molecule has 6 heteroatoms. The molecule has 0 spiro atoms. The first-order valence-electron chi connectivity index (χ1n) is 3.50. The Balaban J connectivity index is 2.52. The topological polar surface area (TPSA) is 62.8 Å². The fraction of sp³-hybridized carbons (Fsp3) is 0.500. The van der Waals surface area contributed by atoms with E-state index in [0.29, 0.717) is 11.0 Å². The Morgan fingerprint density at radius 1 is 1.50 bits per heavy atom. The van der Waals surface area contributed by atoms with Gasteiger partial charge in [0.2, 0.25) is 0 Å². The predicted octanol–water partition coefficient (Wildman–Crippen LogP) is 0.643. The zero-order chi connectivity index (χ0) is 8.77. The molecule has 1 N–H and O–H groups in total. The molecule has 0 aliphatic carbocycles. The van der Waals surface area contributed by atoms with Gasteiger partial charge in [-0.15, -0.1) is 0 Å². The van der Waals surface area contributed by atoms with Gasteiger partial charge in [-0.2, -0.15) is 5.10 Å². The van der Waals surface area contributed by atoms with Gasteiger partial charge in [0, 0.05) is 17.7 Å². The quantitative estimate of drug-likeness (QED) is 0.736. The molecule has 0 amide bonds. The lowest BCUT2D eigenvalue weighted by Crippen LogP contribution is -2.18. The van der Waals surface area contributed by atoms with Gasteiger partial charge in [-0.3, -0.25) is 5.10 Å². The van der Waals surface area contributed by atoms with E-state index >= 15 is 0 Å². The number of aromatic amines is 1. The van der Waals surface area contributed by atoms with E-state index in [1.165, 1.54) is 0 Å². The zero-order valence-corrected chi connectivity index (χ0v) is 8.57. The fourth-order valence-corrected chi connectivity index (χ4v) is 3.34. The van der Waals surface area contributed by atoms with Gasteiger partial charge >= 0.3 is 0 Å². The highest BCUT2D eigenvalue weighted by Crippen LogP contribution is 2.24. The lowest BCUT2D eigenvalue weighted by molar-refractivity contribution is 0.591. The Morgan fingerprint density at radius 3 is 3.00 bits per heavy atom. The second-order valence-electron chi connectivity index (χ2n) is 2.81. The number of sulfone groups is 1. The molecule has 1 aromatic heterocycles. The molecule has 2 heterocycles. The van der Waals surface area contributed by atoms with E-state index in [-0.39, 0.29) is 11.5 Å². The lowest BCUT2D eigenvalue weighted by Gasteiger charge is -2.10. The van der Waals surface area contributed by atoms with E-state index < -0.39 is 9.84 Å². The molecule has 0 unspecified atom stereocenters. The van der Waals surface area contributed by atoms with Gasteiger partial charge in [0.25, 0.3) is 0 Å². The highest BCUT2D eigenvalue weighted by molar-refractivity contribution is 9.10. The Bertz CT molecular complexity index is 409. The van der Waals surface area contributed by atoms with Crippen molar-refractivity contribution in [2.45, 2.75) is 12.2 Å². The molecule has 0 bridgehead atoms. The summed E-state index contributed by atoms with van der Waals surface area (Å²) in [7, 11) is -2.88. The van der Waals surface area contributed by atoms with Crippen LogP contribution in [-0.4, -0.2) is 24.4 Å². The van der Waals surface area contributed by atoms with E-state index in [4.69, 9.17) is 0 Å². The maximum atomic E-state index is 11.2. The first-order chi connectivity index (χ1) is 5.58. The maximum Gasteiger partial charge on any atom is 0.155 e.